The smallest absolute Gasteiger partial charge is 0.276 e. The molecule has 1 unspecified atom stereocenters. The van der Waals surface area contributed by atoms with Crippen LogP contribution in [-0.2, 0) is 0 Å². The van der Waals surface area contributed by atoms with E-state index >= 15 is 0 Å². The second-order valence-corrected chi connectivity index (χ2v) is 9.17. The Morgan fingerprint density at radius 3 is 2.53 bits per heavy atom. The predicted octanol–water partition coefficient (Wildman–Crippen LogP) is 4.02. The number of carbonyl (C=O) groups excluding carboxylic acids is 1. The Morgan fingerprint density at radius 2 is 1.89 bits per heavy atom. The summed E-state index contributed by atoms with van der Waals surface area (Å²) < 4.78 is 29.1. The lowest BCUT2D eigenvalue weighted by atomic mass is 10.1. The summed E-state index contributed by atoms with van der Waals surface area (Å²) in [5, 5.41) is 6.78. The molecule has 0 radical (unpaired) electrons. The summed E-state index contributed by atoms with van der Waals surface area (Å²) in [6.07, 6.45) is 2.71. The highest BCUT2D eigenvalue weighted by molar-refractivity contribution is 6.08. The molecule has 36 heavy (non-hydrogen) atoms. The van der Waals surface area contributed by atoms with E-state index in [0.29, 0.717) is 27.5 Å². The quantitative estimate of drug-likeness (QED) is 0.398. The Balaban J connectivity index is 1.75. The first-order chi connectivity index (χ1) is 17.2. The fourth-order valence-corrected chi connectivity index (χ4v) is 4.13. The molecule has 8 nitrogen and oxygen atoms in total. The number of benzene rings is 2. The molecule has 3 N–H and O–H groups in total. The molecule has 2 heterocycles. The Morgan fingerprint density at radius 1 is 1.17 bits per heavy atom. The van der Waals surface area contributed by atoms with Crippen LogP contribution in [0.4, 0.5) is 25.8 Å². The third kappa shape index (κ3) is 5.12. The summed E-state index contributed by atoms with van der Waals surface area (Å²) in [6.45, 7) is 7.63. The van der Waals surface area contributed by atoms with Gasteiger partial charge in [-0.3, -0.25) is 14.6 Å². The fourth-order valence-electron chi connectivity index (χ4n) is 4.13. The van der Waals surface area contributed by atoms with Crippen LogP contribution in [0, 0.1) is 17.6 Å². The minimum atomic E-state index is -0.972. The molecule has 1 aromatic heterocycles. The molecular formula is C26H28F2N6O2. The number of carbonyl (C=O) groups is 1. The van der Waals surface area contributed by atoms with Gasteiger partial charge in [-0.05, 0) is 56.5 Å². The van der Waals surface area contributed by atoms with Gasteiger partial charge in [0.05, 0.1) is 11.4 Å². The van der Waals surface area contributed by atoms with Crippen molar-refractivity contribution >= 4 is 29.2 Å². The van der Waals surface area contributed by atoms with Gasteiger partial charge in [0.1, 0.15) is 11.4 Å². The maximum Gasteiger partial charge on any atom is 0.276 e. The van der Waals surface area contributed by atoms with E-state index in [0.717, 1.165) is 43.4 Å². The molecule has 1 atom stereocenters. The van der Waals surface area contributed by atoms with Crippen LogP contribution in [-0.4, -0.2) is 41.0 Å². The molecule has 188 valence electrons. The van der Waals surface area contributed by atoms with Gasteiger partial charge in [-0.15, -0.1) is 0 Å². The van der Waals surface area contributed by atoms with Gasteiger partial charge in [-0.25, -0.2) is 8.78 Å². The summed E-state index contributed by atoms with van der Waals surface area (Å²) in [5.41, 5.74) is 7.13. The van der Waals surface area contributed by atoms with Gasteiger partial charge in [0.15, 0.2) is 11.6 Å². The van der Waals surface area contributed by atoms with Crippen LogP contribution < -0.4 is 21.5 Å². The van der Waals surface area contributed by atoms with Crippen molar-refractivity contribution in [2.24, 2.45) is 10.9 Å². The molecule has 0 saturated carbocycles. The van der Waals surface area contributed by atoms with Crippen molar-refractivity contribution in [3.63, 3.8) is 0 Å². The summed E-state index contributed by atoms with van der Waals surface area (Å²) in [7, 11) is 0. The molecule has 2 aromatic carbocycles. The number of aromatic nitrogens is 2. The summed E-state index contributed by atoms with van der Waals surface area (Å²) >= 11 is 0. The zero-order valence-electron chi connectivity index (χ0n) is 20.3. The molecular weight excluding hydrogens is 466 g/mol. The number of nitrogens with one attached hydrogen (secondary N) is 1. The first kappa shape index (κ1) is 25.0. The lowest BCUT2D eigenvalue weighted by molar-refractivity contribution is 0.102. The highest BCUT2D eigenvalue weighted by Gasteiger charge is 2.26. The average Bonchev–Trinajstić information content (AvgIpc) is 3.25. The Kier molecular flexibility index (Phi) is 7.14. The fraction of sp³-hybridized carbons (Fsp3) is 0.308. The second-order valence-electron chi connectivity index (χ2n) is 9.17. The molecule has 1 aliphatic heterocycles. The molecule has 1 aliphatic rings. The number of rotatable bonds is 6. The zero-order chi connectivity index (χ0) is 26.0. The Labute approximate surface area is 207 Å². The van der Waals surface area contributed by atoms with Crippen molar-refractivity contribution in [2.75, 3.05) is 29.0 Å². The first-order valence-corrected chi connectivity index (χ1v) is 11.7. The summed E-state index contributed by atoms with van der Waals surface area (Å²) in [4.78, 5) is 32.2. The standard InChI is InChI=1S/C26H28F2N6O2/c1-15(2)30-13-17-20(29)7-8-21(24(17)33-12-11-16(3)14-33)31-26(36)22-9-10-23(35)34(32-22)25-18(27)5-4-6-19(25)28/h4-10,13,15-16H,11-12,14,29H2,1-3H3,(H,31,36). The predicted molar refractivity (Wildman–Crippen MR) is 137 cm³/mol. The van der Waals surface area contributed by atoms with E-state index in [2.05, 4.69) is 27.2 Å². The first-order valence-electron chi connectivity index (χ1n) is 11.7. The van der Waals surface area contributed by atoms with Gasteiger partial charge in [0.2, 0.25) is 0 Å². The number of hydrogen-bond donors (Lipinski definition) is 2. The number of nitrogen functional groups attached to an aromatic ring is 1. The zero-order valence-corrected chi connectivity index (χ0v) is 20.3. The maximum atomic E-state index is 14.3. The van der Waals surface area contributed by atoms with Gasteiger partial charge >= 0.3 is 0 Å². The number of hydrogen-bond acceptors (Lipinski definition) is 6. The topological polar surface area (TPSA) is 106 Å². The van der Waals surface area contributed by atoms with E-state index in [4.69, 9.17) is 5.73 Å². The van der Waals surface area contributed by atoms with Crippen molar-refractivity contribution in [2.45, 2.75) is 33.2 Å². The van der Waals surface area contributed by atoms with E-state index in [-0.39, 0.29) is 11.7 Å². The monoisotopic (exact) mass is 494 g/mol. The van der Waals surface area contributed by atoms with Gasteiger partial charge in [-0.2, -0.15) is 9.78 Å². The van der Waals surface area contributed by atoms with Gasteiger partial charge in [0.25, 0.3) is 11.5 Å². The number of halogens is 2. The maximum absolute atomic E-state index is 14.3. The summed E-state index contributed by atoms with van der Waals surface area (Å²) in [6, 6.07) is 8.89. The number of nitrogens with zero attached hydrogens (tertiary/aromatic N) is 4. The highest BCUT2D eigenvalue weighted by Crippen LogP contribution is 2.36. The molecule has 3 aromatic rings. The van der Waals surface area contributed by atoms with Crippen molar-refractivity contribution < 1.29 is 13.6 Å². The molecule has 4 rings (SSSR count). The van der Waals surface area contributed by atoms with Crippen molar-refractivity contribution in [3.05, 3.63) is 75.7 Å². The molecule has 0 bridgehead atoms. The molecule has 1 amide bonds. The molecule has 1 saturated heterocycles. The Hall–Kier alpha value is -4.08. The van der Waals surface area contributed by atoms with Crippen LogP contribution in [0.25, 0.3) is 5.69 Å². The van der Waals surface area contributed by atoms with Crippen molar-refractivity contribution in [3.8, 4) is 5.69 Å². The minimum absolute atomic E-state index is 0.0528. The van der Waals surface area contributed by atoms with Crippen molar-refractivity contribution in [1.82, 2.24) is 9.78 Å². The van der Waals surface area contributed by atoms with Gasteiger partial charge in [-0.1, -0.05) is 13.0 Å². The van der Waals surface area contributed by atoms with E-state index < -0.39 is 28.8 Å². The summed E-state index contributed by atoms with van der Waals surface area (Å²) in [5.74, 6) is -2.13. The van der Waals surface area contributed by atoms with Gasteiger partial charge < -0.3 is 16.0 Å². The lowest BCUT2D eigenvalue weighted by Gasteiger charge is -2.25. The van der Waals surface area contributed by atoms with Crippen LogP contribution in [0.5, 0.6) is 0 Å². The van der Waals surface area contributed by atoms with E-state index in [9.17, 15) is 18.4 Å². The van der Waals surface area contributed by atoms with E-state index in [1.165, 1.54) is 12.1 Å². The van der Waals surface area contributed by atoms with Gasteiger partial charge in [0, 0.05) is 42.7 Å². The number of nitrogens with two attached hydrogens (primary N) is 1. The van der Waals surface area contributed by atoms with Crippen LogP contribution >= 0.6 is 0 Å². The molecule has 10 heteroatoms. The van der Waals surface area contributed by atoms with Crippen LogP contribution in [0.1, 0.15) is 43.2 Å². The Bertz CT molecular complexity index is 1370. The number of amides is 1. The van der Waals surface area contributed by atoms with Crippen LogP contribution in [0.3, 0.4) is 0 Å². The van der Waals surface area contributed by atoms with Crippen molar-refractivity contribution in [1.29, 1.82) is 0 Å². The average molecular weight is 495 g/mol. The minimum Gasteiger partial charge on any atom is -0.398 e. The number of anilines is 3. The number of para-hydroxylation sites is 1. The molecule has 0 spiro atoms. The third-order valence-electron chi connectivity index (χ3n) is 5.92. The normalized spacial score (nSPS) is 15.7. The van der Waals surface area contributed by atoms with Crippen LogP contribution in [0.2, 0.25) is 0 Å². The molecule has 1 fully saturated rings. The molecule has 0 aliphatic carbocycles. The van der Waals surface area contributed by atoms with E-state index in [1.807, 2.05) is 13.8 Å². The highest BCUT2D eigenvalue weighted by atomic mass is 19.1. The lowest BCUT2D eigenvalue weighted by Crippen LogP contribution is -2.27. The second kappa shape index (κ2) is 10.3. The van der Waals surface area contributed by atoms with E-state index in [1.54, 1.807) is 18.3 Å². The number of aliphatic imine (C=N–C) groups is 1. The third-order valence-corrected chi connectivity index (χ3v) is 5.92. The van der Waals surface area contributed by atoms with Crippen LogP contribution in [0.15, 0.2) is 52.3 Å². The largest absolute Gasteiger partial charge is 0.398 e. The SMILES string of the molecule is CC1CCN(c2c(NC(=O)c3ccc(=O)n(-c4c(F)cccc4F)n3)ccc(N)c2C=NC(C)C)C1.